The third kappa shape index (κ3) is 4.62. The molecule has 0 aromatic rings. The Morgan fingerprint density at radius 3 is 2.92 bits per heavy atom. The maximum absolute atomic E-state index is 5.56. The fourth-order valence-electron chi connectivity index (χ4n) is 1.25. The molecule has 0 spiro atoms. The molecule has 0 bridgehead atoms. The molecule has 72 valence electrons. The molecule has 3 heteroatoms. The second kappa shape index (κ2) is 7.09. The molecule has 0 saturated carbocycles. The fourth-order valence-corrected chi connectivity index (χ4v) is 1.79. The van der Waals surface area contributed by atoms with Gasteiger partial charge in [0, 0.05) is 13.2 Å². The maximum Gasteiger partial charge on any atom is 0.157 e. The highest BCUT2D eigenvalue weighted by Gasteiger charge is 2.12. The van der Waals surface area contributed by atoms with E-state index in [1.807, 2.05) is 0 Å². The fraction of sp³-hybridized carbons (Fsp3) is 1.00. The van der Waals surface area contributed by atoms with Gasteiger partial charge in [0.2, 0.25) is 0 Å². The molecule has 1 saturated heterocycles. The van der Waals surface area contributed by atoms with Gasteiger partial charge in [-0.3, -0.25) is 0 Å². The Labute approximate surface area is 88.1 Å². The number of unbranched alkanes of at least 4 members (excludes halogenated alkanes) is 1. The summed E-state index contributed by atoms with van der Waals surface area (Å²) in [5, 5.41) is 0. The van der Waals surface area contributed by atoms with Crippen LogP contribution in [-0.4, -0.2) is 23.9 Å². The molecule has 0 radical (unpaired) electrons. The Bertz CT molecular complexity index is 103. The average Bonchev–Trinajstić information content (AvgIpc) is 2.14. The van der Waals surface area contributed by atoms with E-state index in [0.717, 1.165) is 19.6 Å². The largest absolute Gasteiger partial charge is 0.353 e. The Hall–Kier alpha value is 0.650. The lowest BCUT2D eigenvalue weighted by Gasteiger charge is -2.22. The Morgan fingerprint density at radius 2 is 2.25 bits per heavy atom. The van der Waals surface area contributed by atoms with E-state index >= 15 is 0 Å². The summed E-state index contributed by atoms with van der Waals surface area (Å²) in [5.41, 5.74) is 0. The summed E-state index contributed by atoms with van der Waals surface area (Å²) in [4.78, 5) is 0. The van der Waals surface area contributed by atoms with E-state index in [9.17, 15) is 0 Å². The second-order valence-corrected chi connectivity index (χ2v) is 4.14. The molecule has 0 amide bonds. The lowest BCUT2D eigenvalue weighted by Crippen LogP contribution is -2.22. The SMILES string of the molecule is ICCCCO[C@@H]1CCCCO1. The zero-order valence-electron chi connectivity index (χ0n) is 7.43. The van der Waals surface area contributed by atoms with Crippen molar-refractivity contribution < 1.29 is 9.47 Å². The number of alkyl halides is 1. The van der Waals surface area contributed by atoms with Crippen LogP contribution < -0.4 is 0 Å². The van der Waals surface area contributed by atoms with E-state index in [0.29, 0.717) is 0 Å². The lowest BCUT2D eigenvalue weighted by atomic mass is 10.2. The smallest absolute Gasteiger partial charge is 0.157 e. The number of rotatable bonds is 5. The Morgan fingerprint density at radius 1 is 1.33 bits per heavy atom. The highest BCUT2D eigenvalue weighted by Crippen LogP contribution is 2.13. The summed E-state index contributed by atoms with van der Waals surface area (Å²) < 4.78 is 12.2. The van der Waals surface area contributed by atoms with Crippen LogP contribution in [0.5, 0.6) is 0 Å². The standard InChI is InChI=1S/C9H17IO2/c10-6-2-4-8-12-9-5-1-3-7-11-9/h9H,1-8H2/t9-/m1/s1. The summed E-state index contributed by atoms with van der Waals surface area (Å²) >= 11 is 2.39. The van der Waals surface area contributed by atoms with Crippen LogP contribution in [-0.2, 0) is 9.47 Å². The molecule has 0 aromatic heterocycles. The van der Waals surface area contributed by atoms with E-state index in [2.05, 4.69) is 22.6 Å². The first-order chi connectivity index (χ1) is 5.93. The Balaban J connectivity index is 1.91. The molecule has 1 aliphatic rings. The van der Waals surface area contributed by atoms with Crippen molar-refractivity contribution in [2.75, 3.05) is 17.6 Å². The topological polar surface area (TPSA) is 18.5 Å². The predicted octanol–water partition coefficient (Wildman–Crippen LogP) is 2.74. The van der Waals surface area contributed by atoms with Gasteiger partial charge in [0.25, 0.3) is 0 Å². The van der Waals surface area contributed by atoms with E-state index in [-0.39, 0.29) is 6.29 Å². The maximum atomic E-state index is 5.56. The highest BCUT2D eigenvalue weighted by atomic mass is 127. The minimum Gasteiger partial charge on any atom is -0.353 e. The highest BCUT2D eigenvalue weighted by molar-refractivity contribution is 14.1. The third-order valence-electron chi connectivity index (χ3n) is 1.97. The van der Waals surface area contributed by atoms with Crippen molar-refractivity contribution in [3.05, 3.63) is 0 Å². The molecule has 1 rings (SSSR count). The first-order valence-electron chi connectivity index (χ1n) is 4.72. The molecule has 0 aromatic carbocycles. The van der Waals surface area contributed by atoms with Gasteiger partial charge in [-0.15, -0.1) is 0 Å². The molecule has 1 heterocycles. The molecule has 0 aliphatic carbocycles. The molecular weight excluding hydrogens is 267 g/mol. The van der Waals surface area contributed by atoms with E-state index < -0.39 is 0 Å². The van der Waals surface area contributed by atoms with Crippen LogP contribution in [0.4, 0.5) is 0 Å². The van der Waals surface area contributed by atoms with Crippen LogP contribution in [0.15, 0.2) is 0 Å². The molecule has 1 fully saturated rings. The van der Waals surface area contributed by atoms with Crippen LogP contribution >= 0.6 is 22.6 Å². The quantitative estimate of drug-likeness (QED) is 0.439. The summed E-state index contributed by atoms with van der Waals surface area (Å²) in [5.74, 6) is 0. The number of halogens is 1. The number of ether oxygens (including phenoxy) is 2. The van der Waals surface area contributed by atoms with Crippen molar-refractivity contribution in [3.8, 4) is 0 Å². The monoisotopic (exact) mass is 284 g/mol. The zero-order valence-corrected chi connectivity index (χ0v) is 9.59. The first kappa shape index (κ1) is 10.7. The van der Waals surface area contributed by atoms with Gasteiger partial charge < -0.3 is 9.47 Å². The minimum atomic E-state index is 0.105. The summed E-state index contributed by atoms with van der Waals surface area (Å²) in [6, 6.07) is 0. The summed E-state index contributed by atoms with van der Waals surface area (Å²) in [7, 11) is 0. The summed E-state index contributed by atoms with van der Waals surface area (Å²) in [6.07, 6.45) is 6.08. The van der Waals surface area contributed by atoms with E-state index in [4.69, 9.17) is 9.47 Å². The second-order valence-electron chi connectivity index (χ2n) is 3.06. The van der Waals surface area contributed by atoms with Crippen molar-refractivity contribution in [2.45, 2.75) is 38.4 Å². The van der Waals surface area contributed by atoms with Crippen molar-refractivity contribution in [1.82, 2.24) is 0 Å². The normalized spacial score (nSPS) is 24.2. The molecule has 2 nitrogen and oxygen atoms in total. The van der Waals surface area contributed by atoms with Gasteiger partial charge in [0.15, 0.2) is 6.29 Å². The van der Waals surface area contributed by atoms with Crippen molar-refractivity contribution in [3.63, 3.8) is 0 Å². The van der Waals surface area contributed by atoms with Crippen molar-refractivity contribution >= 4 is 22.6 Å². The van der Waals surface area contributed by atoms with Gasteiger partial charge in [0.05, 0.1) is 0 Å². The predicted molar refractivity (Wildman–Crippen MR) is 57.7 cm³/mol. The van der Waals surface area contributed by atoms with Crippen LogP contribution in [0.2, 0.25) is 0 Å². The van der Waals surface area contributed by atoms with Crippen LogP contribution in [0.3, 0.4) is 0 Å². The van der Waals surface area contributed by atoms with Gasteiger partial charge in [0.1, 0.15) is 0 Å². The van der Waals surface area contributed by atoms with E-state index in [1.165, 1.54) is 30.1 Å². The summed E-state index contributed by atoms with van der Waals surface area (Å²) in [6.45, 7) is 1.75. The third-order valence-corrected chi connectivity index (χ3v) is 2.73. The van der Waals surface area contributed by atoms with Crippen molar-refractivity contribution in [2.24, 2.45) is 0 Å². The average molecular weight is 284 g/mol. The molecule has 12 heavy (non-hydrogen) atoms. The number of hydrogen-bond donors (Lipinski definition) is 0. The van der Waals surface area contributed by atoms with Crippen LogP contribution in [0, 0.1) is 0 Å². The molecular formula is C9H17IO2. The lowest BCUT2D eigenvalue weighted by molar-refractivity contribution is -0.162. The molecule has 0 unspecified atom stereocenters. The van der Waals surface area contributed by atoms with Gasteiger partial charge in [-0.2, -0.15) is 0 Å². The van der Waals surface area contributed by atoms with E-state index in [1.54, 1.807) is 0 Å². The van der Waals surface area contributed by atoms with Gasteiger partial charge >= 0.3 is 0 Å². The minimum absolute atomic E-state index is 0.105. The molecule has 1 atom stereocenters. The van der Waals surface area contributed by atoms with Crippen LogP contribution in [0.25, 0.3) is 0 Å². The molecule has 1 aliphatic heterocycles. The Kier molecular flexibility index (Phi) is 6.34. The van der Waals surface area contributed by atoms with Crippen molar-refractivity contribution in [1.29, 1.82) is 0 Å². The first-order valence-corrected chi connectivity index (χ1v) is 6.25. The van der Waals surface area contributed by atoms with Gasteiger partial charge in [-0.05, 0) is 36.5 Å². The molecule has 0 N–H and O–H groups in total. The number of hydrogen-bond acceptors (Lipinski definition) is 2. The zero-order chi connectivity index (χ0) is 8.65. The van der Waals surface area contributed by atoms with Gasteiger partial charge in [-0.1, -0.05) is 22.6 Å². The van der Waals surface area contributed by atoms with Crippen LogP contribution in [0.1, 0.15) is 32.1 Å². The van der Waals surface area contributed by atoms with Gasteiger partial charge in [-0.25, -0.2) is 0 Å².